The summed E-state index contributed by atoms with van der Waals surface area (Å²) >= 11 is 1.80. The molecule has 4 nitrogen and oxygen atoms in total. The van der Waals surface area contributed by atoms with E-state index in [-0.39, 0.29) is 0 Å². The Kier molecular flexibility index (Phi) is 5.39. The van der Waals surface area contributed by atoms with Gasteiger partial charge in [-0.15, -0.1) is 0 Å². The molecule has 1 aromatic carbocycles. The zero-order chi connectivity index (χ0) is 15.3. The number of benzene rings is 1. The number of amidine groups is 1. The van der Waals surface area contributed by atoms with Crippen molar-refractivity contribution in [3.05, 3.63) is 18.2 Å². The number of rotatable bonds is 5. The minimum atomic E-state index is 0.361. The van der Waals surface area contributed by atoms with E-state index in [2.05, 4.69) is 19.2 Å². The summed E-state index contributed by atoms with van der Waals surface area (Å²) in [6.45, 7) is 5.41. The van der Waals surface area contributed by atoms with Crippen LogP contribution in [0, 0.1) is 5.41 Å². The fourth-order valence-electron chi connectivity index (χ4n) is 2.32. The average Bonchev–Trinajstić information content (AvgIpc) is 2.56. The minimum absolute atomic E-state index is 0.361. The first-order valence-electron chi connectivity index (χ1n) is 7.32. The van der Waals surface area contributed by atoms with Crippen LogP contribution < -0.4 is 14.8 Å². The lowest BCUT2D eigenvalue weighted by Gasteiger charge is -2.33. The van der Waals surface area contributed by atoms with Crippen LogP contribution in [-0.2, 0) is 0 Å². The van der Waals surface area contributed by atoms with Gasteiger partial charge >= 0.3 is 0 Å². The smallest absolute Gasteiger partial charge is 0.161 e. The van der Waals surface area contributed by atoms with E-state index in [1.165, 1.54) is 12.8 Å². The van der Waals surface area contributed by atoms with Gasteiger partial charge in [-0.1, -0.05) is 25.6 Å². The summed E-state index contributed by atoms with van der Waals surface area (Å²) in [4.78, 5) is 4.72. The number of methoxy groups -OCH3 is 2. The van der Waals surface area contributed by atoms with Gasteiger partial charge in [-0.2, -0.15) is 0 Å². The summed E-state index contributed by atoms with van der Waals surface area (Å²) in [6, 6.07) is 5.75. The van der Waals surface area contributed by atoms with E-state index < -0.39 is 0 Å². The molecule has 116 valence electrons. The zero-order valence-electron chi connectivity index (χ0n) is 13.2. The van der Waals surface area contributed by atoms with Gasteiger partial charge in [0.25, 0.3) is 0 Å². The van der Waals surface area contributed by atoms with Gasteiger partial charge in [0.05, 0.1) is 19.9 Å². The molecular formula is C16H24N2O2S. The molecule has 21 heavy (non-hydrogen) atoms. The fourth-order valence-corrected chi connectivity index (χ4v) is 3.60. The summed E-state index contributed by atoms with van der Waals surface area (Å²) in [5.41, 5.74) is 1.28. The molecule has 1 aliphatic heterocycles. The van der Waals surface area contributed by atoms with Gasteiger partial charge in [0, 0.05) is 18.4 Å². The van der Waals surface area contributed by atoms with Crippen molar-refractivity contribution in [3.63, 3.8) is 0 Å². The van der Waals surface area contributed by atoms with Crippen LogP contribution in [0.25, 0.3) is 0 Å². The number of anilines is 1. The lowest BCUT2D eigenvalue weighted by atomic mass is 9.84. The summed E-state index contributed by atoms with van der Waals surface area (Å²) in [7, 11) is 3.31. The van der Waals surface area contributed by atoms with Gasteiger partial charge in [-0.05, 0) is 30.4 Å². The minimum Gasteiger partial charge on any atom is -0.497 e. The van der Waals surface area contributed by atoms with Gasteiger partial charge in [0.2, 0.25) is 0 Å². The third-order valence-electron chi connectivity index (χ3n) is 4.22. The molecule has 0 saturated heterocycles. The monoisotopic (exact) mass is 308 g/mol. The van der Waals surface area contributed by atoms with Crippen LogP contribution in [0.3, 0.4) is 0 Å². The Morgan fingerprint density at radius 3 is 2.52 bits per heavy atom. The number of aliphatic imine (C=N–C) groups is 1. The van der Waals surface area contributed by atoms with E-state index in [0.29, 0.717) is 5.41 Å². The molecule has 0 radical (unpaired) electrons. The average molecular weight is 308 g/mol. The normalized spacial score (nSPS) is 17.0. The molecule has 0 fully saturated rings. The summed E-state index contributed by atoms with van der Waals surface area (Å²) in [5, 5.41) is 4.34. The molecule has 0 aromatic heterocycles. The fraction of sp³-hybridized carbons (Fsp3) is 0.562. The maximum absolute atomic E-state index is 5.41. The van der Waals surface area contributed by atoms with Crippen LogP contribution in [0.15, 0.2) is 23.2 Å². The molecule has 0 aliphatic carbocycles. The highest BCUT2D eigenvalue weighted by Crippen LogP contribution is 2.36. The van der Waals surface area contributed by atoms with Crippen molar-refractivity contribution in [2.75, 3.05) is 31.8 Å². The topological polar surface area (TPSA) is 42.9 Å². The van der Waals surface area contributed by atoms with Crippen LogP contribution in [-0.4, -0.2) is 31.7 Å². The van der Waals surface area contributed by atoms with Crippen LogP contribution in [0.1, 0.15) is 26.7 Å². The molecule has 0 spiro atoms. The number of nitrogens with one attached hydrogen (secondary N) is 1. The van der Waals surface area contributed by atoms with Crippen molar-refractivity contribution >= 4 is 22.6 Å². The van der Waals surface area contributed by atoms with Gasteiger partial charge in [-0.3, -0.25) is 4.99 Å². The van der Waals surface area contributed by atoms with E-state index in [1.54, 1.807) is 26.0 Å². The summed E-state index contributed by atoms with van der Waals surface area (Å²) in [5.74, 6) is 2.66. The van der Waals surface area contributed by atoms with Crippen molar-refractivity contribution in [3.8, 4) is 11.5 Å². The second-order valence-electron chi connectivity index (χ2n) is 5.31. The first kappa shape index (κ1) is 16.0. The highest BCUT2D eigenvalue weighted by Gasteiger charge is 2.30. The highest BCUT2D eigenvalue weighted by atomic mass is 32.2. The van der Waals surface area contributed by atoms with E-state index in [9.17, 15) is 0 Å². The predicted octanol–water partition coefficient (Wildman–Crippen LogP) is 4.02. The van der Waals surface area contributed by atoms with Crippen molar-refractivity contribution < 1.29 is 9.47 Å². The molecule has 2 rings (SSSR count). The Balaban J connectivity index is 2.11. The number of hydrogen-bond donors (Lipinski definition) is 1. The molecule has 5 heteroatoms. The van der Waals surface area contributed by atoms with Crippen LogP contribution in [0.2, 0.25) is 0 Å². The Hall–Kier alpha value is -1.36. The lowest BCUT2D eigenvalue weighted by Crippen LogP contribution is -2.32. The van der Waals surface area contributed by atoms with E-state index in [1.807, 2.05) is 18.2 Å². The van der Waals surface area contributed by atoms with Crippen molar-refractivity contribution in [2.24, 2.45) is 10.4 Å². The Morgan fingerprint density at radius 1 is 1.24 bits per heavy atom. The number of nitrogens with zero attached hydrogens (tertiary/aromatic N) is 1. The quantitative estimate of drug-likeness (QED) is 0.892. The van der Waals surface area contributed by atoms with Gasteiger partial charge < -0.3 is 14.8 Å². The first-order chi connectivity index (χ1) is 10.2. The molecule has 1 N–H and O–H groups in total. The molecule has 0 amide bonds. The molecule has 0 saturated carbocycles. The molecular weight excluding hydrogens is 284 g/mol. The second-order valence-corrected chi connectivity index (χ2v) is 6.27. The summed E-state index contributed by atoms with van der Waals surface area (Å²) in [6.07, 6.45) is 2.36. The van der Waals surface area contributed by atoms with E-state index >= 15 is 0 Å². The second kappa shape index (κ2) is 7.07. The Labute approximate surface area is 131 Å². The first-order valence-corrected chi connectivity index (χ1v) is 8.31. The number of hydrogen-bond acceptors (Lipinski definition) is 5. The largest absolute Gasteiger partial charge is 0.497 e. The van der Waals surface area contributed by atoms with E-state index in [4.69, 9.17) is 14.5 Å². The SMILES string of the molecule is CCC1(CC)CN=C(Nc2ccc(OC)cc2OC)SC1. The van der Waals surface area contributed by atoms with Gasteiger partial charge in [0.15, 0.2) is 5.17 Å². The maximum Gasteiger partial charge on any atom is 0.161 e. The molecule has 1 heterocycles. The van der Waals surface area contributed by atoms with Gasteiger partial charge in [-0.25, -0.2) is 0 Å². The number of ether oxygens (including phenoxy) is 2. The van der Waals surface area contributed by atoms with Gasteiger partial charge in [0.1, 0.15) is 11.5 Å². The van der Waals surface area contributed by atoms with Crippen molar-refractivity contribution in [2.45, 2.75) is 26.7 Å². The van der Waals surface area contributed by atoms with Crippen molar-refractivity contribution in [1.29, 1.82) is 0 Å². The van der Waals surface area contributed by atoms with Crippen molar-refractivity contribution in [1.82, 2.24) is 0 Å². The maximum atomic E-state index is 5.41. The molecule has 0 atom stereocenters. The molecule has 1 aliphatic rings. The third kappa shape index (κ3) is 3.64. The Bertz CT molecular complexity index is 513. The molecule has 1 aromatic rings. The lowest BCUT2D eigenvalue weighted by molar-refractivity contribution is 0.318. The summed E-state index contributed by atoms with van der Waals surface area (Å²) < 4.78 is 10.6. The van der Waals surface area contributed by atoms with Crippen LogP contribution >= 0.6 is 11.8 Å². The molecule has 0 bridgehead atoms. The predicted molar refractivity (Wildman–Crippen MR) is 90.9 cm³/mol. The standard InChI is InChI=1S/C16H24N2O2S/c1-5-16(6-2)10-17-15(21-11-16)18-13-8-7-12(19-3)9-14(13)20-4/h7-9H,5-6,10-11H2,1-4H3,(H,17,18). The molecule has 0 unspecified atom stereocenters. The van der Waals surface area contributed by atoms with Crippen LogP contribution in [0.4, 0.5) is 5.69 Å². The highest BCUT2D eigenvalue weighted by molar-refractivity contribution is 8.14. The van der Waals surface area contributed by atoms with E-state index in [0.717, 1.165) is 34.7 Å². The number of thioether (sulfide) groups is 1. The van der Waals surface area contributed by atoms with Crippen LogP contribution in [0.5, 0.6) is 11.5 Å². The Morgan fingerprint density at radius 2 is 2.00 bits per heavy atom. The zero-order valence-corrected chi connectivity index (χ0v) is 14.0. The third-order valence-corrected chi connectivity index (χ3v) is 5.48.